The smallest absolute Gasteiger partial charge is 0.0732 e. The van der Waals surface area contributed by atoms with Gasteiger partial charge < -0.3 is 10.5 Å². The van der Waals surface area contributed by atoms with Gasteiger partial charge in [0.05, 0.1) is 13.2 Å². The van der Waals surface area contributed by atoms with Crippen LogP contribution in [-0.4, -0.2) is 12.1 Å². The van der Waals surface area contributed by atoms with Crippen LogP contribution in [0.2, 0.25) is 5.02 Å². The fourth-order valence-corrected chi connectivity index (χ4v) is 1.47. The summed E-state index contributed by atoms with van der Waals surface area (Å²) < 4.78 is 5.52. The topological polar surface area (TPSA) is 35.2 Å². The van der Waals surface area contributed by atoms with Crippen molar-refractivity contribution in [2.75, 3.05) is 6.61 Å². The molecule has 2 nitrogen and oxygen atoms in total. The summed E-state index contributed by atoms with van der Waals surface area (Å²) in [7, 11) is 0. The van der Waals surface area contributed by atoms with Crippen LogP contribution >= 0.6 is 24.0 Å². The fraction of sp³-hybridized carbons (Fsp3) is 0.455. The molecule has 84 valence electrons. The lowest BCUT2D eigenvalue weighted by Gasteiger charge is -2.10. The number of ether oxygens (including phenoxy) is 1. The van der Waals surface area contributed by atoms with Crippen LogP contribution in [0.15, 0.2) is 24.3 Å². The van der Waals surface area contributed by atoms with E-state index in [4.69, 9.17) is 22.1 Å². The molecule has 1 aliphatic carbocycles. The first-order valence-electron chi connectivity index (χ1n) is 4.80. The molecule has 2 N–H and O–H groups in total. The Bertz CT molecular complexity index is 326. The zero-order chi connectivity index (χ0) is 10.0. The second-order valence-corrected chi connectivity index (χ2v) is 4.35. The van der Waals surface area contributed by atoms with Gasteiger partial charge in [0.1, 0.15) is 0 Å². The molecule has 2 rings (SSSR count). The van der Waals surface area contributed by atoms with Crippen LogP contribution in [0, 0.1) is 0 Å². The number of nitrogens with two attached hydrogens (primary N) is 1. The molecule has 1 aliphatic rings. The van der Waals surface area contributed by atoms with Crippen molar-refractivity contribution in [1.82, 2.24) is 0 Å². The van der Waals surface area contributed by atoms with Crippen LogP contribution in [-0.2, 0) is 11.3 Å². The standard InChI is InChI=1S/C11H14ClNO.ClH/c12-10-4-2-1-3-9(10)7-14-8-11(13)5-6-11;/h1-4H,5-8,13H2;1H. The Hall–Kier alpha value is -0.280. The lowest BCUT2D eigenvalue weighted by molar-refractivity contribution is 0.102. The van der Waals surface area contributed by atoms with Crippen molar-refractivity contribution in [3.05, 3.63) is 34.9 Å². The van der Waals surface area contributed by atoms with E-state index in [1.165, 1.54) is 0 Å². The maximum atomic E-state index is 5.98. The number of hydrogen-bond donors (Lipinski definition) is 1. The van der Waals surface area contributed by atoms with E-state index in [1.807, 2.05) is 24.3 Å². The van der Waals surface area contributed by atoms with Gasteiger partial charge in [-0.15, -0.1) is 12.4 Å². The van der Waals surface area contributed by atoms with Crippen molar-refractivity contribution < 1.29 is 4.74 Å². The molecule has 0 aromatic heterocycles. The zero-order valence-electron chi connectivity index (χ0n) is 8.41. The number of benzene rings is 1. The van der Waals surface area contributed by atoms with Gasteiger partial charge in [0, 0.05) is 10.6 Å². The second-order valence-electron chi connectivity index (χ2n) is 3.95. The van der Waals surface area contributed by atoms with Crippen LogP contribution in [0.1, 0.15) is 18.4 Å². The number of halogens is 2. The summed E-state index contributed by atoms with van der Waals surface area (Å²) in [6.45, 7) is 1.19. The Morgan fingerprint density at radius 2 is 2.00 bits per heavy atom. The van der Waals surface area contributed by atoms with Crippen molar-refractivity contribution in [3.8, 4) is 0 Å². The summed E-state index contributed by atoms with van der Waals surface area (Å²) in [6, 6.07) is 7.71. The molecular weight excluding hydrogens is 233 g/mol. The van der Waals surface area contributed by atoms with Crippen LogP contribution in [0.3, 0.4) is 0 Å². The molecular formula is C11H15Cl2NO. The molecule has 0 saturated heterocycles. The molecule has 1 fully saturated rings. The quantitative estimate of drug-likeness (QED) is 0.889. The third kappa shape index (κ3) is 3.65. The van der Waals surface area contributed by atoms with Crippen molar-refractivity contribution in [2.24, 2.45) is 5.73 Å². The Labute approximate surface area is 101 Å². The molecule has 0 spiro atoms. The van der Waals surface area contributed by atoms with Gasteiger partial charge in [-0.2, -0.15) is 0 Å². The molecule has 0 bridgehead atoms. The average molecular weight is 248 g/mol. The minimum Gasteiger partial charge on any atom is -0.375 e. The summed E-state index contributed by atoms with van der Waals surface area (Å²) in [6.07, 6.45) is 2.16. The Kier molecular flexibility index (Phi) is 4.41. The van der Waals surface area contributed by atoms with Gasteiger partial charge in [-0.1, -0.05) is 29.8 Å². The van der Waals surface area contributed by atoms with Crippen molar-refractivity contribution in [1.29, 1.82) is 0 Å². The van der Waals surface area contributed by atoms with Crippen LogP contribution < -0.4 is 5.73 Å². The highest BCUT2D eigenvalue weighted by Crippen LogP contribution is 2.32. The van der Waals surface area contributed by atoms with E-state index in [-0.39, 0.29) is 17.9 Å². The summed E-state index contributed by atoms with van der Waals surface area (Å²) in [5.74, 6) is 0. The Balaban J connectivity index is 0.00000112. The SMILES string of the molecule is Cl.NC1(COCc2ccccc2Cl)CC1. The van der Waals surface area contributed by atoms with Gasteiger partial charge in [-0.05, 0) is 24.5 Å². The largest absolute Gasteiger partial charge is 0.375 e. The van der Waals surface area contributed by atoms with Gasteiger partial charge in [-0.3, -0.25) is 0 Å². The van der Waals surface area contributed by atoms with E-state index in [1.54, 1.807) is 0 Å². The van der Waals surface area contributed by atoms with Gasteiger partial charge in [0.2, 0.25) is 0 Å². The molecule has 0 radical (unpaired) electrons. The second kappa shape index (κ2) is 5.17. The molecule has 1 saturated carbocycles. The van der Waals surface area contributed by atoms with Crippen LogP contribution in [0.5, 0.6) is 0 Å². The third-order valence-corrected chi connectivity index (χ3v) is 2.87. The molecule has 1 aromatic carbocycles. The van der Waals surface area contributed by atoms with Crippen molar-refractivity contribution in [3.63, 3.8) is 0 Å². The van der Waals surface area contributed by atoms with E-state index in [2.05, 4.69) is 0 Å². The number of hydrogen-bond acceptors (Lipinski definition) is 2. The van der Waals surface area contributed by atoms with Gasteiger partial charge in [0.15, 0.2) is 0 Å². The molecule has 4 heteroatoms. The maximum absolute atomic E-state index is 5.98. The first-order chi connectivity index (χ1) is 6.70. The summed E-state index contributed by atoms with van der Waals surface area (Å²) in [4.78, 5) is 0. The molecule has 0 atom stereocenters. The van der Waals surface area contributed by atoms with E-state index in [0.29, 0.717) is 13.2 Å². The number of rotatable bonds is 4. The Morgan fingerprint density at radius 1 is 1.33 bits per heavy atom. The average Bonchev–Trinajstić information content (AvgIpc) is 2.88. The van der Waals surface area contributed by atoms with E-state index in [9.17, 15) is 0 Å². The lowest BCUT2D eigenvalue weighted by atomic mass is 10.2. The Morgan fingerprint density at radius 3 is 2.60 bits per heavy atom. The summed E-state index contributed by atoms with van der Waals surface area (Å²) >= 11 is 5.98. The maximum Gasteiger partial charge on any atom is 0.0732 e. The van der Waals surface area contributed by atoms with Crippen molar-refractivity contribution >= 4 is 24.0 Å². The fourth-order valence-electron chi connectivity index (χ4n) is 1.28. The van der Waals surface area contributed by atoms with E-state index in [0.717, 1.165) is 23.4 Å². The molecule has 0 heterocycles. The van der Waals surface area contributed by atoms with Gasteiger partial charge >= 0.3 is 0 Å². The van der Waals surface area contributed by atoms with Crippen molar-refractivity contribution in [2.45, 2.75) is 25.0 Å². The van der Waals surface area contributed by atoms with E-state index < -0.39 is 0 Å². The summed E-state index contributed by atoms with van der Waals surface area (Å²) in [5, 5.41) is 0.759. The highest BCUT2D eigenvalue weighted by Gasteiger charge is 2.38. The van der Waals surface area contributed by atoms with Gasteiger partial charge in [-0.25, -0.2) is 0 Å². The molecule has 15 heavy (non-hydrogen) atoms. The molecule has 0 aliphatic heterocycles. The highest BCUT2D eigenvalue weighted by atomic mass is 35.5. The first-order valence-corrected chi connectivity index (χ1v) is 5.17. The third-order valence-electron chi connectivity index (χ3n) is 2.50. The molecule has 0 unspecified atom stereocenters. The minimum absolute atomic E-state index is 0. The lowest BCUT2D eigenvalue weighted by Crippen LogP contribution is -2.27. The first kappa shape index (κ1) is 12.8. The molecule has 1 aromatic rings. The van der Waals surface area contributed by atoms with Crippen LogP contribution in [0.4, 0.5) is 0 Å². The predicted octanol–water partition coefficient (Wildman–Crippen LogP) is 2.77. The van der Waals surface area contributed by atoms with Gasteiger partial charge in [0.25, 0.3) is 0 Å². The summed E-state index contributed by atoms with van der Waals surface area (Å²) in [5.41, 5.74) is 6.88. The molecule has 0 amide bonds. The van der Waals surface area contributed by atoms with Crippen LogP contribution in [0.25, 0.3) is 0 Å². The monoisotopic (exact) mass is 247 g/mol. The minimum atomic E-state index is -0.0404. The zero-order valence-corrected chi connectivity index (χ0v) is 9.98. The predicted molar refractivity (Wildman–Crippen MR) is 64.5 cm³/mol. The normalized spacial score (nSPS) is 16.9. The highest BCUT2D eigenvalue weighted by molar-refractivity contribution is 6.31. The van der Waals surface area contributed by atoms with E-state index >= 15 is 0 Å².